The Bertz CT molecular complexity index is 728. The van der Waals surface area contributed by atoms with Gasteiger partial charge in [0.15, 0.2) is 0 Å². The molecular formula is C16H17BrN4O2. The molecule has 0 spiro atoms. The Labute approximate surface area is 142 Å². The maximum absolute atomic E-state index is 5.82. The Kier molecular flexibility index (Phi) is 5.99. The van der Waals surface area contributed by atoms with E-state index in [1.165, 1.54) is 0 Å². The van der Waals surface area contributed by atoms with Gasteiger partial charge in [0.1, 0.15) is 18.1 Å². The Balaban J connectivity index is 2.17. The van der Waals surface area contributed by atoms with Crippen LogP contribution in [0.5, 0.6) is 11.5 Å². The minimum absolute atomic E-state index is 0.0905. The molecular weight excluding hydrogens is 360 g/mol. The number of rotatable bonds is 6. The molecule has 0 heterocycles. The zero-order valence-corrected chi connectivity index (χ0v) is 14.2. The van der Waals surface area contributed by atoms with Crippen LogP contribution in [0.2, 0.25) is 0 Å². The maximum Gasteiger partial charge on any atom is 0.211 e. The molecule has 0 atom stereocenters. The van der Waals surface area contributed by atoms with Crippen molar-refractivity contribution in [1.82, 2.24) is 0 Å². The molecule has 0 aliphatic rings. The molecule has 0 aliphatic heterocycles. The predicted octanol–water partition coefficient (Wildman–Crippen LogP) is 2.64. The quantitative estimate of drug-likeness (QED) is 0.460. The molecule has 0 bridgehead atoms. The predicted molar refractivity (Wildman–Crippen MR) is 94.9 cm³/mol. The summed E-state index contributed by atoms with van der Waals surface area (Å²) in [6.07, 6.45) is 1.56. The Morgan fingerprint density at radius 1 is 1.17 bits per heavy atom. The monoisotopic (exact) mass is 376 g/mol. The Hall–Kier alpha value is -2.54. The summed E-state index contributed by atoms with van der Waals surface area (Å²) >= 11 is 3.45. The van der Waals surface area contributed by atoms with Crippen molar-refractivity contribution in [3.8, 4) is 11.5 Å². The van der Waals surface area contributed by atoms with Gasteiger partial charge in [-0.05, 0) is 51.8 Å². The number of hydrogen-bond donors (Lipinski definition) is 2. The minimum atomic E-state index is -0.0905. The number of halogens is 1. The Morgan fingerprint density at radius 3 is 2.65 bits per heavy atom. The van der Waals surface area contributed by atoms with Crippen LogP contribution in [0.15, 0.2) is 57.1 Å². The van der Waals surface area contributed by atoms with Gasteiger partial charge >= 0.3 is 0 Å². The third kappa shape index (κ3) is 5.00. The van der Waals surface area contributed by atoms with Crippen molar-refractivity contribution < 1.29 is 9.47 Å². The molecule has 0 saturated heterocycles. The molecule has 2 aromatic rings. The van der Waals surface area contributed by atoms with E-state index in [-0.39, 0.29) is 5.96 Å². The first kappa shape index (κ1) is 16.8. The van der Waals surface area contributed by atoms with Crippen molar-refractivity contribution in [3.05, 3.63) is 58.1 Å². The molecule has 0 saturated carbocycles. The number of hydrogen-bond acceptors (Lipinski definition) is 4. The van der Waals surface area contributed by atoms with Gasteiger partial charge in [-0.15, -0.1) is 5.10 Å². The smallest absolute Gasteiger partial charge is 0.211 e. The summed E-state index contributed by atoms with van der Waals surface area (Å²) in [4.78, 5) is 0. The van der Waals surface area contributed by atoms with E-state index < -0.39 is 0 Å². The van der Waals surface area contributed by atoms with E-state index in [1.54, 1.807) is 13.3 Å². The Morgan fingerprint density at radius 2 is 1.96 bits per heavy atom. The van der Waals surface area contributed by atoms with Crippen LogP contribution in [-0.2, 0) is 6.61 Å². The van der Waals surface area contributed by atoms with Gasteiger partial charge < -0.3 is 20.9 Å². The van der Waals surface area contributed by atoms with Crippen molar-refractivity contribution in [2.75, 3.05) is 7.11 Å². The summed E-state index contributed by atoms with van der Waals surface area (Å²) in [5, 5.41) is 7.36. The average molecular weight is 377 g/mol. The summed E-state index contributed by atoms with van der Waals surface area (Å²) in [6.45, 7) is 0.357. The number of nitrogens with two attached hydrogens (primary N) is 2. The van der Waals surface area contributed by atoms with Crippen LogP contribution >= 0.6 is 15.9 Å². The van der Waals surface area contributed by atoms with Gasteiger partial charge in [0.05, 0.1) is 17.8 Å². The second kappa shape index (κ2) is 8.19. The summed E-state index contributed by atoms with van der Waals surface area (Å²) in [5.41, 5.74) is 12.2. The number of nitrogens with zero attached hydrogens (tertiary/aromatic N) is 2. The van der Waals surface area contributed by atoms with Crippen molar-refractivity contribution in [2.45, 2.75) is 6.61 Å². The second-order valence-electron chi connectivity index (χ2n) is 4.56. The van der Waals surface area contributed by atoms with Crippen LogP contribution < -0.4 is 20.9 Å². The summed E-state index contributed by atoms with van der Waals surface area (Å²) < 4.78 is 12.1. The van der Waals surface area contributed by atoms with E-state index in [2.05, 4.69) is 26.1 Å². The number of guanidine groups is 1. The molecule has 6 nitrogen and oxygen atoms in total. The van der Waals surface area contributed by atoms with Crippen LogP contribution in [0.25, 0.3) is 0 Å². The second-order valence-corrected chi connectivity index (χ2v) is 5.41. The molecule has 0 aromatic heterocycles. The highest BCUT2D eigenvalue weighted by Gasteiger charge is 2.06. The van der Waals surface area contributed by atoms with E-state index in [0.717, 1.165) is 27.1 Å². The average Bonchev–Trinajstić information content (AvgIpc) is 2.54. The van der Waals surface area contributed by atoms with Gasteiger partial charge in [-0.2, -0.15) is 5.10 Å². The van der Waals surface area contributed by atoms with Gasteiger partial charge in [-0.3, -0.25) is 0 Å². The zero-order valence-electron chi connectivity index (χ0n) is 12.6. The molecule has 0 radical (unpaired) electrons. The standard InChI is InChI=1S/C16H17BrN4O2/c1-22-14-7-6-11(9-20-21-16(18)19)8-12(14)10-23-15-5-3-2-4-13(15)17/h2-9H,10H2,1H3,(H4,18,19,21). The number of ether oxygens (including phenoxy) is 2. The van der Waals surface area contributed by atoms with Crippen LogP contribution in [0.1, 0.15) is 11.1 Å². The molecule has 0 unspecified atom stereocenters. The number of para-hydroxylation sites is 1. The van der Waals surface area contributed by atoms with Crippen LogP contribution in [0.4, 0.5) is 0 Å². The van der Waals surface area contributed by atoms with Gasteiger partial charge in [0.2, 0.25) is 5.96 Å². The molecule has 0 amide bonds. The first-order chi connectivity index (χ1) is 11.1. The third-order valence-electron chi connectivity index (χ3n) is 2.90. The fourth-order valence-corrected chi connectivity index (χ4v) is 2.27. The number of benzene rings is 2. The maximum atomic E-state index is 5.82. The molecule has 2 aromatic carbocycles. The molecule has 0 aliphatic carbocycles. The highest BCUT2D eigenvalue weighted by Crippen LogP contribution is 2.27. The van der Waals surface area contributed by atoms with Crippen LogP contribution in [0, 0.1) is 0 Å². The summed E-state index contributed by atoms with van der Waals surface area (Å²) in [6, 6.07) is 13.3. The summed E-state index contributed by atoms with van der Waals surface area (Å²) in [7, 11) is 1.62. The fraction of sp³-hybridized carbons (Fsp3) is 0.125. The lowest BCUT2D eigenvalue weighted by molar-refractivity contribution is 0.295. The lowest BCUT2D eigenvalue weighted by Gasteiger charge is -2.12. The highest BCUT2D eigenvalue weighted by atomic mass is 79.9. The van der Waals surface area contributed by atoms with E-state index in [9.17, 15) is 0 Å². The zero-order chi connectivity index (χ0) is 16.7. The lowest BCUT2D eigenvalue weighted by atomic mass is 10.1. The topological polar surface area (TPSA) is 95.2 Å². The lowest BCUT2D eigenvalue weighted by Crippen LogP contribution is -2.21. The van der Waals surface area contributed by atoms with Crippen molar-refractivity contribution >= 4 is 28.1 Å². The SMILES string of the molecule is COc1ccc(C=NN=C(N)N)cc1COc1ccccc1Br. The summed E-state index contributed by atoms with van der Waals surface area (Å²) in [5.74, 6) is 1.40. The van der Waals surface area contributed by atoms with Crippen LogP contribution in [-0.4, -0.2) is 19.3 Å². The van der Waals surface area contributed by atoms with Gasteiger partial charge in [-0.1, -0.05) is 12.1 Å². The van der Waals surface area contributed by atoms with E-state index >= 15 is 0 Å². The molecule has 2 rings (SSSR count). The van der Waals surface area contributed by atoms with Gasteiger partial charge in [0.25, 0.3) is 0 Å². The molecule has 23 heavy (non-hydrogen) atoms. The largest absolute Gasteiger partial charge is 0.496 e. The number of methoxy groups -OCH3 is 1. The fourth-order valence-electron chi connectivity index (χ4n) is 1.87. The molecule has 4 N–H and O–H groups in total. The van der Waals surface area contributed by atoms with Crippen molar-refractivity contribution in [1.29, 1.82) is 0 Å². The normalized spacial score (nSPS) is 10.5. The minimum Gasteiger partial charge on any atom is -0.496 e. The van der Waals surface area contributed by atoms with E-state index in [4.69, 9.17) is 20.9 Å². The van der Waals surface area contributed by atoms with Crippen molar-refractivity contribution in [2.24, 2.45) is 21.7 Å². The van der Waals surface area contributed by atoms with Gasteiger partial charge in [0, 0.05) is 5.56 Å². The highest BCUT2D eigenvalue weighted by molar-refractivity contribution is 9.10. The molecule has 0 fully saturated rings. The first-order valence-electron chi connectivity index (χ1n) is 6.76. The first-order valence-corrected chi connectivity index (χ1v) is 7.55. The van der Waals surface area contributed by atoms with E-state index in [1.807, 2.05) is 42.5 Å². The third-order valence-corrected chi connectivity index (χ3v) is 3.56. The van der Waals surface area contributed by atoms with Gasteiger partial charge in [-0.25, -0.2) is 0 Å². The van der Waals surface area contributed by atoms with Crippen molar-refractivity contribution in [3.63, 3.8) is 0 Å². The van der Waals surface area contributed by atoms with Crippen LogP contribution in [0.3, 0.4) is 0 Å². The van der Waals surface area contributed by atoms with E-state index in [0.29, 0.717) is 6.61 Å². The molecule has 7 heteroatoms. The molecule has 120 valence electrons.